The summed E-state index contributed by atoms with van der Waals surface area (Å²) < 4.78 is 1.78. The quantitative estimate of drug-likeness (QED) is 0.816. The van der Waals surface area contributed by atoms with E-state index in [0.29, 0.717) is 6.04 Å². The first kappa shape index (κ1) is 16.1. The number of nitrogens with zero attached hydrogens (tertiary/aromatic N) is 7. The van der Waals surface area contributed by atoms with Gasteiger partial charge in [0.15, 0.2) is 0 Å². The number of anilines is 1. The summed E-state index contributed by atoms with van der Waals surface area (Å²) in [5.74, 6) is 0. The highest BCUT2D eigenvalue weighted by Crippen LogP contribution is 2.25. The molecule has 0 atom stereocenters. The molecule has 0 aliphatic carbocycles. The third kappa shape index (κ3) is 3.61. The summed E-state index contributed by atoms with van der Waals surface area (Å²) in [5, 5.41) is 12.7. The van der Waals surface area contributed by atoms with Crippen molar-refractivity contribution in [3.63, 3.8) is 0 Å². The van der Waals surface area contributed by atoms with Crippen LogP contribution in [0.5, 0.6) is 0 Å². The van der Waals surface area contributed by atoms with Crippen LogP contribution in [0.3, 0.4) is 0 Å². The molecule has 0 radical (unpaired) electrons. The fourth-order valence-corrected chi connectivity index (χ4v) is 3.25. The summed E-state index contributed by atoms with van der Waals surface area (Å²) in [6, 6.07) is 2.79. The van der Waals surface area contributed by atoms with E-state index in [1.165, 1.54) is 12.8 Å². The Hall–Kier alpha value is -1.73. The maximum Gasteiger partial charge on any atom is 0.200 e. The zero-order valence-electron chi connectivity index (χ0n) is 14.6. The normalized spacial score (nSPS) is 16.9. The van der Waals surface area contributed by atoms with Crippen molar-refractivity contribution in [2.24, 2.45) is 0 Å². The molecule has 0 unspecified atom stereocenters. The second kappa shape index (κ2) is 6.80. The van der Waals surface area contributed by atoms with Crippen molar-refractivity contribution in [2.45, 2.75) is 25.8 Å². The fourth-order valence-electron chi connectivity index (χ4n) is 3.25. The van der Waals surface area contributed by atoms with E-state index < -0.39 is 0 Å². The van der Waals surface area contributed by atoms with Crippen LogP contribution in [0.4, 0.5) is 5.69 Å². The van der Waals surface area contributed by atoms with Crippen LogP contribution in [0.1, 0.15) is 18.5 Å². The Morgan fingerprint density at radius 1 is 1.17 bits per heavy atom. The maximum atomic E-state index is 4.43. The van der Waals surface area contributed by atoms with Gasteiger partial charge in [0.2, 0.25) is 5.65 Å². The maximum absolute atomic E-state index is 4.43. The SMILES string of the molecule is Cc1cc(N2CCC(N(C)CCN(C)C)CC2)c2nncn2n1. The number of piperidine rings is 1. The van der Waals surface area contributed by atoms with E-state index >= 15 is 0 Å². The largest absolute Gasteiger partial charge is 0.368 e. The van der Waals surface area contributed by atoms with Crippen molar-refractivity contribution in [3.05, 3.63) is 18.1 Å². The van der Waals surface area contributed by atoms with E-state index in [4.69, 9.17) is 0 Å². The van der Waals surface area contributed by atoms with Crippen LogP contribution in [-0.4, -0.2) is 83.0 Å². The molecule has 0 saturated carbocycles. The molecule has 3 heterocycles. The van der Waals surface area contributed by atoms with Gasteiger partial charge in [-0.3, -0.25) is 0 Å². The summed E-state index contributed by atoms with van der Waals surface area (Å²) in [6.45, 7) is 6.37. The zero-order valence-corrected chi connectivity index (χ0v) is 14.6. The Morgan fingerprint density at radius 2 is 1.91 bits per heavy atom. The van der Waals surface area contributed by atoms with Crippen molar-refractivity contribution in [2.75, 3.05) is 52.2 Å². The number of fused-ring (bicyclic) bond motifs is 1. The minimum atomic E-state index is 0.669. The highest BCUT2D eigenvalue weighted by Gasteiger charge is 2.24. The predicted molar refractivity (Wildman–Crippen MR) is 91.9 cm³/mol. The molecule has 126 valence electrons. The van der Waals surface area contributed by atoms with Gasteiger partial charge in [-0.05, 0) is 47.0 Å². The lowest BCUT2D eigenvalue weighted by Crippen LogP contribution is -2.45. The molecule has 0 N–H and O–H groups in total. The molecule has 0 aromatic carbocycles. The van der Waals surface area contributed by atoms with Gasteiger partial charge < -0.3 is 14.7 Å². The van der Waals surface area contributed by atoms with Gasteiger partial charge in [-0.2, -0.15) is 9.61 Å². The van der Waals surface area contributed by atoms with E-state index in [0.717, 1.165) is 43.2 Å². The summed E-state index contributed by atoms with van der Waals surface area (Å²) >= 11 is 0. The Bertz CT molecular complexity index is 643. The van der Waals surface area contributed by atoms with E-state index in [1.54, 1.807) is 10.8 Å². The minimum Gasteiger partial charge on any atom is -0.368 e. The first-order valence-corrected chi connectivity index (χ1v) is 8.32. The summed E-state index contributed by atoms with van der Waals surface area (Å²) in [4.78, 5) is 7.17. The lowest BCUT2D eigenvalue weighted by atomic mass is 10.0. The second-order valence-corrected chi connectivity index (χ2v) is 6.77. The third-order valence-electron chi connectivity index (χ3n) is 4.70. The molecule has 0 amide bonds. The Kier molecular flexibility index (Phi) is 4.77. The van der Waals surface area contributed by atoms with E-state index in [1.807, 2.05) is 6.92 Å². The number of aryl methyl sites for hydroxylation is 1. The van der Waals surface area contributed by atoms with Crippen molar-refractivity contribution in [1.29, 1.82) is 0 Å². The topological polar surface area (TPSA) is 52.8 Å². The number of aromatic nitrogens is 4. The highest BCUT2D eigenvalue weighted by molar-refractivity contribution is 5.68. The van der Waals surface area contributed by atoms with Crippen LogP contribution in [0.2, 0.25) is 0 Å². The van der Waals surface area contributed by atoms with E-state index in [9.17, 15) is 0 Å². The van der Waals surface area contributed by atoms with Crippen molar-refractivity contribution < 1.29 is 0 Å². The predicted octanol–water partition coefficient (Wildman–Crippen LogP) is 0.895. The van der Waals surface area contributed by atoms with Gasteiger partial charge in [0.05, 0.1) is 11.4 Å². The average Bonchev–Trinajstić information content (AvgIpc) is 3.00. The Labute approximate surface area is 137 Å². The van der Waals surface area contributed by atoms with Crippen LogP contribution in [0.15, 0.2) is 12.4 Å². The van der Waals surface area contributed by atoms with Gasteiger partial charge in [0.1, 0.15) is 6.33 Å². The van der Waals surface area contributed by atoms with Gasteiger partial charge in [-0.15, -0.1) is 10.2 Å². The van der Waals surface area contributed by atoms with Gasteiger partial charge in [0, 0.05) is 32.2 Å². The van der Waals surface area contributed by atoms with Crippen molar-refractivity contribution in [3.8, 4) is 0 Å². The molecule has 2 aromatic rings. The van der Waals surface area contributed by atoms with Crippen LogP contribution >= 0.6 is 0 Å². The first-order chi connectivity index (χ1) is 11.0. The molecular weight excluding hydrogens is 290 g/mol. The molecule has 7 nitrogen and oxygen atoms in total. The van der Waals surface area contributed by atoms with Crippen LogP contribution < -0.4 is 4.90 Å². The lowest BCUT2D eigenvalue weighted by molar-refractivity contribution is 0.190. The van der Waals surface area contributed by atoms with Crippen LogP contribution in [0, 0.1) is 6.92 Å². The van der Waals surface area contributed by atoms with Gasteiger partial charge >= 0.3 is 0 Å². The van der Waals surface area contributed by atoms with E-state index in [-0.39, 0.29) is 0 Å². The molecule has 1 fully saturated rings. The average molecular weight is 317 g/mol. The fraction of sp³-hybridized carbons (Fsp3) is 0.688. The Morgan fingerprint density at radius 3 is 2.61 bits per heavy atom. The molecule has 1 aliphatic heterocycles. The van der Waals surface area contributed by atoms with Crippen LogP contribution in [0.25, 0.3) is 5.65 Å². The van der Waals surface area contributed by atoms with Crippen molar-refractivity contribution in [1.82, 2.24) is 29.6 Å². The smallest absolute Gasteiger partial charge is 0.200 e. The Balaban J connectivity index is 1.65. The molecule has 1 saturated heterocycles. The number of hydrogen-bond donors (Lipinski definition) is 0. The molecule has 2 aromatic heterocycles. The highest BCUT2D eigenvalue weighted by atomic mass is 15.4. The second-order valence-electron chi connectivity index (χ2n) is 6.77. The first-order valence-electron chi connectivity index (χ1n) is 8.32. The molecule has 0 bridgehead atoms. The lowest BCUT2D eigenvalue weighted by Gasteiger charge is -2.38. The molecule has 23 heavy (non-hydrogen) atoms. The van der Waals surface area contributed by atoms with Gasteiger partial charge in [-0.25, -0.2) is 0 Å². The monoisotopic (exact) mass is 317 g/mol. The van der Waals surface area contributed by atoms with Gasteiger partial charge in [0.25, 0.3) is 0 Å². The van der Waals surface area contributed by atoms with Crippen LogP contribution in [-0.2, 0) is 0 Å². The number of hydrogen-bond acceptors (Lipinski definition) is 6. The van der Waals surface area contributed by atoms with E-state index in [2.05, 4.69) is 57.2 Å². The standard InChI is InChI=1S/C16H27N7/c1-13-11-15(16-18-17-12-23(16)19-13)22-7-5-14(6-8-22)21(4)10-9-20(2)3/h11-12,14H,5-10H2,1-4H3. The van der Waals surface area contributed by atoms with Crippen molar-refractivity contribution >= 4 is 11.3 Å². The summed E-state index contributed by atoms with van der Waals surface area (Å²) in [6.07, 6.45) is 4.05. The third-order valence-corrected chi connectivity index (χ3v) is 4.70. The number of rotatable bonds is 5. The summed E-state index contributed by atoms with van der Waals surface area (Å²) in [7, 11) is 6.51. The molecule has 1 aliphatic rings. The van der Waals surface area contributed by atoms with Gasteiger partial charge in [-0.1, -0.05) is 0 Å². The molecular formula is C16H27N7. The zero-order chi connectivity index (χ0) is 16.4. The molecule has 3 rings (SSSR count). The minimum absolute atomic E-state index is 0.669. The molecule has 0 spiro atoms. The molecule has 7 heteroatoms. The number of likely N-dealkylation sites (N-methyl/N-ethyl adjacent to an activating group) is 2. The summed E-state index contributed by atoms with van der Waals surface area (Å²) in [5.41, 5.74) is 3.01.